The Morgan fingerprint density at radius 1 is 1.19 bits per heavy atom. The maximum Gasteiger partial charge on any atom is 0.149 e. The highest BCUT2D eigenvalue weighted by molar-refractivity contribution is 5.91. The van der Waals surface area contributed by atoms with Crippen molar-refractivity contribution in [3.8, 4) is 0 Å². The molecule has 140 valence electrons. The molecule has 6 heteroatoms. The fraction of sp³-hybridized carbons (Fsp3) is 0.381. The molecule has 0 bridgehead atoms. The third-order valence-electron chi connectivity index (χ3n) is 5.17. The number of halogens is 1. The molecule has 0 amide bonds. The highest BCUT2D eigenvalue weighted by Crippen LogP contribution is 2.28. The number of nitrogens with one attached hydrogen (secondary N) is 1. The minimum absolute atomic E-state index is 0.274. The lowest BCUT2D eigenvalue weighted by Crippen LogP contribution is -2.39. The Balaban J connectivity index is 1.48. The zero-order chi connectivity index (χ0) is 18.8. The lowest BCUT2D eigenvalue weighted by molar-refractivity contribution is 0.523. The van der Waals surface area contributed by atoms with Crippen LogP contribution in [0.5, 0.6) is 0 Å². The summed E-state index contributed by atoms with van der Waals surface area (Å²) < 4.78 is 14.1. The average molecular weight is 365 g/mol. The molecule has 4 rings (SSSR count). The van der Waals surface area contributed by atoms with Crippen molar-refractivity contribution in [2.75, 3.05) is 23.3 Å². The molecule has 27 heavy (non-hydrogen) atoms. The van der Waals surface area contributed by atoms with Crippen LogP contribution in [-0.2, 0) is 6.42 Å². The van der Waals surface area contributed by atoms with Crippen molar-refractivity contribution >= 4 is 22.4 Å². The zero-order valence-corrected chi connectivity index (χ0v) is 15.7. The van der Waals surface area contributed by atoms with Crippen LogP contribution in [0.1, 0.15) is 31.2 Å². The number of benzene rings is 1. The van der Waals surface area contributed by atoms with Gasteiger partial charge in [0.25, 0.3) is 0 Å². The van der Waals surface area contributed by atoms with Gasteiger partial charge in [0, 0.05) is 47.7 Å². The van der Waals surface area contributed by atoms with E-state index in [0.717, 1.165) is 60.6 Å². The van der Waals surface area contributed by atoms with Crippen LogP contribution in [-0.4, -0.2) is 34.1 Å². The van der Waals surface area contributed by atoms with Gasteiger partial charge in [0.2, 0.25) is 0 Å². The number of aryl methyl sites for hydroxylation is 2. The second-order valence-electron chi connectivity index (χ2n) is 7.07. The Labute approximate surface area is 158 Å². The fourth-order valence-corrected chi connectivity index (χ4v) is 3.69. The quantitative estimate of drug-likeness (QED) is 0.754. The summed E-state index contributed by atoms with van der Waals surface area (Å²) in [5, 5.41) is 4.46. The summed E-state index contributed by atoms with van der Waals surface area (Å²) in [5.74, 6) is 0.733. The predicted molar refractivity (Wildman–Crippen MR) is 107 cm³/mol. The Morgan fingerprint density at radius 3 is 2.78 bits per heavy atom. The highest BCUT2D eigenvalue weighted by Gasteiger charge is 2.21. The van der Waals surface area contributed by atoms with Gasteiger partial charge in [0.05, 0.1) is 0 Å². The first kappa shape index (κ1) is 17.6. The molecule has 1 N–H and O–H groups in total. The maximum absolute atomic E-state index is 14.1. The zero-order valence-electron chi connectivity index (χ0n) is 15.7. The molecule has 0 saturated carbocycles. The smallest absolute Gasteiger partial charge is 0.149 e. The van der Waals surface area contributed by atoms with Crippen LogP contribution in [0.25, 0.3) is 10.9 Å². The Hall–Kier alpha value is -2.76. The second kappa shape index (κ2) is 7.47. The van der Waals surface area contributed by atoms with Gasteiger partial charge in [-0.15, -0.1) is 0 Å². The summed E-state index contributed by atoms with van der Waals surface area (Å²) in [6.07, 6.45) is 4.57. The van der Waals surface area contributed by atoms with Crippen LogP contribution in [0.3, 0.4) is 0 Å². The summed E-state index contributed by atoms with van der Waals surface area (Å²) >= 11 is 0. The molecule has 0 radical (unpaired) electrons. The lowest BCUT2D eigenvalue weighted by Gasteiger charge is -2.34. The standard InChI is InChI=1S/C21H24FN5/c1-3-15-12-20(24-13-23-15)27-9-7-16(8-10-27)26-19-11-14(2)25-21-17(19)5-4-6-18(21)22/h4-6,11-13,16H,3,7-10H2,1-2H3,(H,25,26). The van der Waals surface area contributed by atoms with E-state index in [1.54, 1.807) is 12.4 Å². The summed E-state index contributed by atoms with van der Waals surface area (Å²) in [4.78, 5) is 15.4. The van der Waals surface area contributed by atoms with Crippen molar-refractivity contribution in [1.82, 2.24) is 15.0 Å². The van der Waals surface area contributed by atoms with E-state index in [1.165, 1.54) is 6.07 Å². The van der Waals surface area contributed by atoms with Gasteiger partial charge in [0.1, 0.15) is 23.5 Å². The normalized spacial score (nSPS) is 15.3. The van der Waals surface area contributed by atoms with Gasteiger partial charge in [-0.2, -0.15) is 0 Å². The first-order valence-electron chi connectivity index (χ1n) is 9.52. The molecular weight excluding hydrogens is 341 g/mol. The van der Waals surface area contributed by atoms with Crippen LogP contribution in [0.4, 0.5) is 15.9 Å². The van der Waals surface area contributed by atoms with Crippen molar-refractivity contribution in [3.63, 3.8) is 0 Å². The fourth-order valence-electron chi connectivity index (χ4n) is 3.69. The number of piperidine rings is 1. The van der Waals surface area contributed by atoms with Crippen LogP contribution in [0.2, 0.25) is 0 Å². The highest BCUT2D eigenvalue weighted by atomic mass is 19.1. The Bertz CT molecular complexity index is 950. The van der Waals surface area contributed by atoms with E-state index < -0.39 is 0 Å². The third-order valence-corrected chi connectivity index (χ3v) is 5.17. The van der Waals surface area contributed by atoms with E-state index in [1.807, 2.05) is 19.1 Å². The molecule has 1 fully saturated rings. The first-order chi connectivity index (χ1) is 13.1. The van der Waals surface area contributed by atoms with Crippen molar-refractivity contribution in [1.29, 1.82) is 0 Å². The van der Waals surface area contributed by atoms with Gasteiger partial charge in [0.15, 0.2) is 0 Å². The average Bonchev–Trinajstić information content (AvgIpc) is 2.69. The first-order valence-corrected chi connectivity index (χ1v) is 9.52. The van der Waals surface area contributed by atoms with E-state index in [0.29, 0.717) is 11.6 Å². The molecule has 1 saturated heterocycles. The Kier molecular flexibility index (Phi) is 4.88. The summed E-state index contributed by atoms with van der Waals surface area (Å²) in [5.41, 5.74) is 3.29. The minimum Gasteiger partial charge on any atom is -0.382 e. The van der Waals surface area contributed by atoms with E-state index >= 15 is 0 Å². The monoisotopic (exact) mass is 365 g/mol. The topological polar surface area (TPSA) is 53.9 Å². The molecule has 1 aromatic carbocycles. The Morgan fingerprint density at radius 2 is 2.00 bits per heavy atom. The SMILES string of the molecule is CCc1cc(N2CCC(Nc3cc(C)nc4c(F)cccc34)CC2)ncn1. The van der Waals surface area contributed by atoms with Gasteiger partial charge in [-0.1, -0.05) is 19.1 Å². The predicted octanol–water partition coefficient (Wildman–Crippen LogP) is 4.12. The van der Waals surface area contributed by atoms with Crippen LogP contribution >= 0.6 is 0 Å². The summed E-state index contributed by atoms with van der Waals surface area (Å²) in [6.45, 7) is 5.88. The molecule has 0 aliphatic carbocycles. The molecule has 3 aromatic rings. The van der Waals surface area contributed by atoms with E-state index in [4.69, 9.17) is 0 Å². The van der Waals surface area contributed by atoms with Crippen molar-refractivity contribution in [2.24, 2.45) is 0 Å². The number of pyridine rings is 1. The number of rotatable bonds is 4. The molecule has 0 spiro atoms. The molecular formula is C21H24FN5. The number of para-hydroxylation sites is 1. The van der Waals surface area contributed by atoms with Gasteiger partial charge < -0.3 is 10.2 Å². The van der Waals surface area contributed by atoms with Gasteiger partial charge in [-0.3, -0.25) is 0 Å². The number of anilines is 2. The third kappa shape index (κ3) is 3.70. The van der Waals surface area contributed by atoms with E-state index in [9.17, 15) is 4.39 Å². The van der Waals surface area contributed by atoms with Crippen molar-refractivity contribution in [3.05, 3.63) is 53.9 Å². The molecule has 5 nitrogen and oxygen atoms in total. The number of aromatic nitrogens is 3. The molecule has 2 aromatic heterocycles. The molecule has 0 unspecified atom stereocenters. The van der Waals surface area contributed by atoms with Crippen LogP contribution in [0.15, 0.2) is 36.7 Å². The van der Waals surface area contributed by atoms with E-state index in [2.05, 4.69) is 38.2 Å². The number of hydrogen-bond acceptors (Lipinski definition) is 5. The van der Waals surface area contributed by atoms with Crippen molar-refractivity contribution in [2.45, 2.75) is 39.2 Å². The van der Waals surface area contributed by atoms with E-state index in [-0.39, 0.29) is 5.82 Å². The number of nitrogens with zero attached hydrogens (tertiary/aromatic N) is 4. The molecule has 1 aliphatic rings. The van der Waals surface area contributed by atoms with Crippen LogP contribution in [0, 0.1) is 12.7 Å². The molecule has 3 heterocycles. The number of fused-ring (bicyclic) bond motifs is 1. The minimum atomic E-state index is -0.274. The summed E-state index contributed by atoms with van der Waals surface area (Å²) in [6, 6.07) is 9.56. The van der Waals surface area contributed by atoms with Gasteiger partial charge in [-0.25, -0.2) is 19.3 Å². The maximum atomic E-state index is 14.1. The lowest BCUT2D eigenvalue weighted by atomic mass is 10.0. The summed E-state index contributed by atoms with van der Waals surface area (Å²) in [7, 11) is 0. The molecule has 0 atom stereocenters. The largest absolute Gasteiger partial charge is 0.382 e. The van der Waals surface area contributed by atoms with Crippen molar-refractivity contribution < 1.29 is 4.39 Å². The van der Waals surface area contributed by atoms with Gasteiger partial charge in [-0.05, 0) is 38.3 Å². The second-order valence-corrected chi connectivity index (χ2v) is 7.07. The number of hydrogen-bond donors (Lipinski definition) is 1. The van der Waals surface area contributed by atoms with Crippen LogP contribution < -0.4 is 10.2 Å². The molecule has 1 aliphatic heterocycles. The van der Waals surface area contributed by atoms with Gasteiger partial charge >= 0.3 is 0 Å².